The van der Waals surface area contributed by atoms with Gasteiger partial charge in [0.1, 0.15) is 5.75 Å². The molecule has 3 nitrogen and oxygen atoms in total. The maximum atomic E-state index is 11.9. The number of benzene rings is 2. The Kier molecular flexibility index (Phi) is 5.59. The van der Waals surface area contributed by atoms with Crippen molar-refractivity contribution in [3.63, 3.8) is 0 Å². The summed E-state index contributed by atoms with van der Waals surface area (Å²) < 4.78 is 10.3. The predicted molar refractivity (Wildman–Crippen MR) is 87.3 cm³/mol. The molecule has 0 aliphatic rings. The van der Waals surface area contributed by atoms with Crippen LogP contribution in [0.3, 0.4) is 0 Å². The molecule has 1 atom stereocenters. The lowest BCUT2D eigenvalue weighted by atomic mass is 9.88. The third-order valence-corrected chi connectivity index (χ3v) is 3.67. The minimum absolute atomic E-state index is 0.00874. The third-order valence-electron chi connectivity index (χ3n) is 3.67. The van der Waals surface area contributed by atoms with Crippen LogP contribution in [-0.4, -0.2) is 19.7 Å². The molecule has 0 amide bonds. The van der Waals surface area contributed by atoms with Crippen LogP contribution in [0.2, 0.25) is 0 Å². The first-order chi connectivity index (χ1) is 10.6. The molecule has 116 valence electrons. The smallest absolute Gasteiger partial charge is 0.306 e. The number of aryl methyl sites for hydroxylation is 1. The molecule has 0 spiro atoms. The second-order valence-corrected chi connectivity index (χ2v) is 5.25. The zero-order valence-electron chi connectivity index (χ0n) is 13.3. The van der Waals surface area contributed by atoms with Gasteiger partial charge in [0.05, 0.1) is 20.1 Å². The summed E-state index contributed by atoms with van der Waals surface area (Å²) in [5.41, 5.74) is 3.40. The first kappa shape index (κ1) is 16.1. The fourth-order valence-corrected chi connectivity index (χ4v) is 2.45. The van der Waals surface area contributed by atoms with Gasteiger partial charge in [0.25, 0.3) is 0 Å². The Balaban J connectivity index is 2.31. The molecular formula is C19H22O3. The maximum Gasteiger partial charge on any atom is 0.306 e. The minimum atomic E-state index is -0.177. The van der Waals surface area contributed by atoms with E-state index in [4.69, 9.17) is 9.47 Å². The summed E-state index contributed by atoms with van der Waals surface area (Å²) in [5, 5.41) is 0. The number of carbonyl (C=O) groups is 1. The molecule has 22 heavy (non-hydrogen) atoms. The molecule has 0 radical (unpaired) electrons. The van der Waals surface area contributed by atoms with E-state index in [2.05, 4.69) is 31.2 Å². The van der Waals surface area contributed by atoms with Gasteiger partial charge < -0.3 is 9.47 Å². The fourth-order valence-electron chi connectivity index (χ4n) is 2.45. The molecule has 0 aliphatic carbocycles. The van der Waals surface area contributed by atoms with Gasteiger partial charge in [-0.3, -0.25) is 4.79 Å². The highest BCUT2D eigenvalue weighted by atomic mass is 16.5. The van der Waals surface area contributed by atoms with Crippen molar-refractivity contribution in [2.75, 3.05) is 13.7 Å². The van der Waals surface area contributed by atoms with Crippen LogP contribution in [0.4, 0.5) is 0 Å². The van der Waals surface area contributed by atoms with E-state index >= 15 is 0 Å². The molecule has 2 rings (SSSR count). The molecular weight excluding hydrogens is 276 g/mol. The molecule has 2 aromatic rings. The summed E-state index contributed by atoms with van der Waals surface area (Å²) >= 11 is 0. The van der Waals surface area contributed by atoms with Crippen molar-refractivity contribution in [2.45, 2.75) is 26.2 Å². The SMILES string of the molecule is CCOC(=O)C[C@H](c1ccc(C)cc1)c1ccc(OC)cc1. The Bertz CT molecular complexity index is 600. The van der Waals surface area contributed by atoms with Gasteiger partial charge in [-0.1, -0.05) is 42.0 Å². The van der Waals surface area contributed by atoms with E-state index in [0.717, 1.165) is 16.9 Å². The number of hydrogen-bond acceptors (Lipinski definition) is 3. The Hall–Kier alpha value is -2.29. The summed E-state index contributed by atoms with van der Waals surface area (Å²) in [4.78, 5) is 11.9. The average Bonchev–Trinajstić information content (AvgIpc) is 2.54. The van der Waals surface area contributed by atoms with Crippen molar-refractivity contribution in [1.82, 2.24) is 0 Å². The van der Waals surface area contributed by atoms with Gasteiger partial charge in [-0.2, -0.15) is 0 Å². The Morgan fingerprint density at radius 2 is 1.55 bits per heavy atom. The summed E-state index contributed by atoms with van der Waals surface area (Å²) in [6.07, 6.45) is 0.337. The number of carbonyl (C=O) groups excluding carboxylic acids is 1. The second kappa shape index (κ2) is 7.64. The van der Waals surface area contributed by atoms with Gasteiger partial charge in [0.15, 0.2) is 0 Å². The zero-order chi connectivity index (χ0) is 15.9. The van der Waals surface area contributed by atoms with E-state index in [0.29, 0.717) is 13.0 Å². The molecule has 0 saturated heterocycles. The Morgan fingerprint density at radius 1 is 1.00 bits per heavy atom. The Morgan fingerprint density at radius 3 is 2.05 bits per heavy atom. The number of methoxy groups -OCH3 is 1. The van der Waals surface area contributed by atoms with Gasteiger partial charge in [0, 0.05) is 5.92 Å². The van der Waals surface area contributed by atoms with Crippen LogP contribution in [0.1, 0.15) is 36.0 Å². The average molecular weight is 298 g/mol. The second-order valence-electron chi connectivity index (χ2n) is 5.25. The number of ether oxygens (including phenoxy) is 2. The van der Waals surface area contributed by atoms with Crippen LogP contribution in [0.5, 0.6) is 5.75 Å². The zero-order valence-corrected chi connectivity index (χ0v) is 13.3. The lowest BCUT2D eigenvalue weighted by Crippen LogP contribution is -2.11. The van der Waals surface area contributed by atoms with Crippen LogP contribution in [0, 0.1) is 6.92 Å². The summed E-state index contributed by atoms with van der Waals surface area (Å²) in [6, 6.07) is 16.1. The van der Waals surface area contributed by atoms with Crippen LogP contribution in [-0.2, 0) is 9.53 Å². The Labute approximate surface area is 131 Å². The first-order valence-corrected chi connectivity index (χ1v) is 7.50. The van der Waals surface area contributed by atoms with E-state index in [-0.39, 0.29) is 11.9 Å². The van der Waals surface area contributed by atoms with Crippen molar-refractivity contribution >= 4 is 5.97 Å². The third kappa shape index (κ3) is 4.10. The van der Waals surface area contributed by atoms with Crippen LogP contribution >= 0.6 is 0 Å². The van der Waals surface area contributed by atoms with Crippen molar-refractivity contribution in [2.24, 2.45) is 0 Å². The molecule has 0 fully saturated rings. The highest BCUT2D eigenvalue weighted by molar-refractivity contribution is 5.71. The topological polar surface area (TPSA) is 35.5 Å². The number of esters is 1. The monoisotopic (exact) mass is 298 g/mol. The first-order valence-electron chi connectivity index (χ1n) is 7.50. The summed E-state index contributed by atoms with van der Waals surface area (Å²) in [6.45, 7) is 4.28. The van der Waals surface area contributed by atoms with Gasteiger partial charge >= 0.3 is 5.97 Å². The van der Waals surface area contributed by atoms with Crippen molar-refractivity contribution in [1.29, 1.82) is 0 Å². The molecule has 0 aliphatic heterocycles. The predicted octanol–water partition coefficient (Wildman–Crippen LogP) is 4.09. The molecule has 2 aromatic carbocycles. The fraction of sp³-hybridized carbons (Fsp3) is 0.316. The summed E-state index contributed by atoms with van der Waals surface area (Å²) in [5.74, 6) is 0.622. The van der Waals surface area contributed by atoms with Crippen LogP contribution in [0.15, 0.2) is 48.5 Å². The van der Waals surface area contributed by atoms with E-state index in [9.17, 15) is 4.79 Å². The van der Waals surface area contributed by atoms with E-state index in [1.165, 1.54) is 5.56 Å². The molecule has 0 N–H and O–H groups in total. The van der Waals surface area contributed by atoms with E-state index in [1.807, 2.05) is 31.2 Å². The van der Waals surface area contributed by atoms with E-state index in [1.54, 1.807) is 7.11 Å². The lowest BCUT2D eigenvalue weighted by Gasteiger charge is -2.18. The molecule has 3 heteroatoms. The van der Waals surface area contributed by atoms with Crippen LogP contribution < -0.4 is 4.74 Å². The molecule has 0 unspecified atom stereocenters. The minimum Gasteiger partial charge on any atom is -0.497 e. The van der Waals surface area contributed by atoms with Gasteiger partial charge in [-0.05, 0) is 37.1 Å². The normalized spacial score (nSPS) is 11.8. The molecule has 0 aromatic heterocycles. The van der Waals surface area contributed by atoms with Crippen LogP contribution in [0.25, 0.3) is 0 Å². The summed E-state index contributed by atoms with van der Waals surface area (Å²) in [7, 11) is 1.64. The number of rotatable bonds is 6. The quantitative estimate of drug-likeness (QED) is 0.754. The highest BCUT2D eigenvalue weighted by Gasteiger charge is 2.19. The van der Waals surface area contributed by atoms with Gasteiger partial charge in [0.2, 0.25) is 0 Å². The van der Waals surface area contributed by atoms with Gasteiger partial charge in [-0.15, -0.1) is 0 Å². The highest BCUT2D eigenvalue weighted by Crippen LogP contribution is 2.30. The van der Waals surface area contributed by atoms with E-state index < -0.39 is 0 Å². The number of hydrogen-bond donors (Lipinski definition) is 0. The lowest BCUT2D eigenvalue weighted by molar-refractivity contribution is -0.143. The standard InChI is InChI=1S/C19H22O3/c1-4-22-19(20)13-18(15-7-5-14(2)6-8-15)16-9-11-17(21-3)12-10-16/h5-12,18H,4,13H2,1-3H3/t18-/m1/s1. The van der Waals surface area contributed by atoms with Gasteiger partial charge in [-0.25, -0.2) is 0 Å². The maximum absolute atomic E-state index is 11.9. The molecule has 0 bridgehead atoms. The largest absolute Gasteiger partial charge is 0.497 e. The van der Waals surface area contributed by atoms with Crippen molar-refractivity contribution in [3.05, 3.63) is 65.2 Å². The van der Waals surface area contributed by atoms with Crippen molar-refractivity contribution in [3.8, 4) is 5.75 Å². The molecule has 0 saturated carbocycles. The molecule has 0 heterocycles. The van der Waals surface area contributed by atoms with Crippen molar-refractivity contribution < 1.29 is 14.3 Å².